The van der Waals surface area contributed by atoms with Gasteiger partial charge in [-0.15, -0.1) is 0 Å². The van der Waals surface area contributed by atoms with E-state index in [0.717, 1.165) is 17.6 Å². The fourth-order valence-electron chi connectivity index (χ4n) is 2.29. The molecular weight excluding hydrogens is 278 g/mol. The van der Waals surface area contributed by atoms with Crippen LogP contribution in [0.3, 0.4) is 0 Å². The van der Waals surface area contributed by atoms with Crippen molar-refractivity contribution in [2.45, 2.75) is 32.4 Å². The van der Waals surface area contributed by atoms with E-state index >= 15 is 0 Å². The van der Waals surface area contributed by atoms with Crippen LogP contribution in [0.1, 0.15) is 25.3 Å². The maximum atomic E-state index is 4.16. The third kappa shape index (κ3) is 4.05. The molecule has 0 radical (unpaired) electrons. The number of hydrogen-bond donors (Lipinski definition) is 1. The average Bonchev–Trinajstić information content (AvgIpc) is 2.82. The molecule has 0 spiro atoms. The van der Waals surface area contributed by atoms with Crippen molar-refractivity contribution >= 4 is 15.9 Å². The molecule has 1 N–H and O–H groups in total. The van der Waals surface area contributed by atoms with Crippen LogP contribution in [-0.4, -0.2) is 35.6 Å². The van der Waals surface area contributed by atoms with Gasteiger partial charge in [-0.05, 0) is 60.4 Å². The predicted molar refractivity (Wildman–Crippen MR) is 73.9 cm³/mol. The van der Waals surface area contributed by atoms with E-state index in [0.29, 0.717) is 6.04 Å². The number of hydrogen-bond acceptors (Lipinski definition) is 3. The highest BCUT2D eigenvalue weighted by molar-refractivity contribution is 9.10. The molecule has 1 atom stereocenters. The summed E-state index contributed by atoms with van der Waals surface area (Å²) < 4.78 is 1.05. The van der Waals surface area contributed by atoms with Crippen molar-refractivity contribution in [3.63, 3.8) is 0 Å². The van der Waals surface area contributed by atoms with Crippen LogP contribution in [0.25, 0.3) is 0 Å². The van der Waals surface area contributed by atoms with Gasteiger partial charge in [0.05, 0.1) is 0 Å². The van der Waals surface area contributed by atoms with Crippen LogP contribution in [0.2, 0.25) is 0 Å². The number of likely N-dealkylation sites (tertiary alicyclic amines) is 1. The average molecular weight is 298 g/mol. The summed E-state index contributed by atoms with van der Waals surface area (Å²) in [5.74, 6) is 0. The number of aromatic nitrogens is 1. The Kier molecular flexibility index (Phi) is 4.95. The van der Waals surface area contributed by atoms with Gasteiger partial charge in [-0.3, -0.25) is 9.88 Å². The van der Waals surface area contributed by atoms with Crippen molar-refractivity contribution < 1.29 is 0 Å². The standard InChI is InChI=1S/C13H20BrN3/c1-11(17-4-2-3-5-17)7-15-8-12-6-13(14)10-16-9-12/h6,9-11,15H,2-5,7-8H2,1H3. The quantitative estimate of drug-likeness (QED) is 0.905. The van der Waals surface area contributed by atoms with Crippen LogP contribution >= 0.6 is 15.9 Å². The van der Waals surface area contributed by atoms with Crippen LogP contribution in [0.15, 0.2) is 22.9 Å². The number of pyridine rings is 1. The topological polar surface area (TPSA) is 28.2 Å². The highest BCUT2D eigenvalue weighted by Crippen LogP contribution is 2.11. The zero-order chi connectivity index (χ0) is 12.1. The van der Waals surface area contributed by atoms with Gasteiger partial charge < -0.3 is 5.32 Å². The molecule has 0 aromatic carbocycles. The first-order valence-electron chi connectivity index (χ1n) is 6.30. The maximum absolute atomic E-state index is 4.16. The monoisotopic (exact) mass is 297 g/mol. The molecule has 0 saturated carbocycles. The minimum atomic E-state index is 0.637. The lowest BCUT2D eigenvalue weighted by molar-refractivity contribution is 0.251. The Morgan fingerprint density at radius 2 is 2.18 bits per heavy atom. The number of nitrogens with one attached hydrogen (secondary N) is 1. The lowest BCUT2D eigenvalue weighted by Gasteiger charge is -2.23. The Labute approximate surface area is 112 Å². The summed E-state index contributed by atoms with van der Waals surface area (Å²) in [5, 5.41) is 3.50. The molecule has 1 unspecified atom stereocenters. The van der Waals surface area contributed by atoms with Crippen LogP contribution in [0.4, 0.5) is 0 Å². The smallest absolute Gasteiger partial charge is 0.0410 e. The first-order valence-corrected chi connectivity index (χ1v) is 7.09. The summed E-state index contributed by atoms with van der Waals surface area (Å²) in [5.41, 5.74) is 1.23. The van der Waals surface area contributed by atoms with Crippen LogP contribution in [0.5, 0.6) is 0 Å². The van der Waals surface area contributed by atoms with E-state index in [2.05, 4.69) is 44.1 Å². The molecule has 1 fully saturated rings. The summed E-state index contributed by atoms with van der Waals surface area (Å²) in [6, 6.07) is 2.75. The van der Waals surface area contributed by atoms with E-state index in [-0.39, 0.29) is 0 Å². The highest BCUT2D eigenvalue weighted by Gasteiger charge is 2.17. The Morgan fingerprint density at radius 1 is 1.41 bits per heavy atom. The zero-order valence-corrected chi connectivity index (χ0v) is 11.9. The minimum absolute atomic E-state index is 0.637. The van der Waals surface area contributed by atoms with Gasteiger partial charge in [0.2, 0.25) is 0 Å². The van der Waals surface area contributed by atoms with E-state index in [1.54, 1.807) is 0 Å². The molecule has 17 heavy (non-hydrogen) atoms. The van der Waals surface area contributed by atoms with Crippen LogP contribution < -0.4 is 5.32 Å². The van der Waals surface area contributed by atoms with Gasteiger partial charge in [0.25, 0.3) is 0 Å². The third-order valence-electron chi connectivity index (χ3n) is 3.29. The summed E-state index contributed by atoms with van der Waals surface area (Å²) in [4.78, 5) is 6.72. The molecule has 1 aliphatic heterocycles. The molecule has 3 nitrogen and oxygen atoms in total. The fourth-order valence-corrected chi connectivity index (χ4v) is 2.70. The van der Waals surface area contributed by atoms with Gasteiger partial charge in [0.15, 0.2) is 0 Å². The van der Waals surface area contributed by atoms with Crippen molar-refractivity contribution in [2.24, 2.45) is 0 Å². The zero-order valence-electron chi connectivity index (χ0n) is 10.3. The number of rotatable bonds is 5. The van der Waals surface area contributed by atoms with E-state index < -0.39 is 0 Å². The lowest BCUT2D eigenvalue weighted by atomic mass is 10.2. The number of halogens is 1. The maximum Gasteiger partial charge on any atom is 0.0410 e. The Bertz CT molecular complexity index is 350. The van der Waals surface area contributed by atoms with Crippen molar-refractivity contribution in [3.8, 4) is 0 Å². The van der Waals surface area contributed by atoms with Crippen molar-refractivity contribution in [1.29, 1.82) is 0 Å². The van der Waals surface area contributed by atoms with Crippen LogP contribution in [0, 0.1) is 0 Å². The van der Waals surface area contributed by atoms with E-state index in [4.69, 9.17) is 0 Å². The lowest BCUT2D eigenvalue weighted by Crippen LogP contribution is -2.38. The van der Waals surface area contributed by atoms with Crippen molar-refractivity contribution in [2.75, 3.05) is 19.6 Å². The van der Waals surface area contributed by atoms with Crippen LogP contribution in [-0.2, 0) is 6.54 Å². The van der Waals surface area contributed by atoms with E-state index in [9.17, 15) is 0 Å². The van der Waals surface area contributed by atoms with E-state index in [1.807, 2.05) is 12.4 Å². The molecule has 2 heterocycles. The van der Waals surface area contributed by atoms with Gasteiger partial charge in [-0.2, -0.15) is 0 Å². The number of nitrogens with zero attached hydrogens (tertiary/aromatic N) is 2. The molecule has 1 aromatic rings. The molecule has 4 heteroatoms. The Morgan fingerprint density at radius 3 is 2.88 bits per heavy atom. The summed E-state index contributed by atoms with van der Waals surface area (Å²) >= 11 is 3.44. The predicted octanol–water partition coefficient (Wildman–Crippen LogP) is 2.42. The fraction of sp³-hybridized carbons (Fsp3) is 0.615. The molecule has 0 amide bonds. The summed E-state index contributed by atoms with van der Waals surface area (Å²) in [7, 11) is 0. The Balaban J connectivity index is 1.71. The Hall–Kier alpha value is -0.450. The highest BCUT2D eigenvalue weighted by atomic mass is 79.9. The van der Waals surface area contributed by atoms with E-state index in [1.165, 1.54) is 31.5 Å². The van der Waals surface area contributed by atoms with Crippen molar-refractivity contribution in [3.05, 3.63) is 28.5 Å². The second kappa shape index (κ2) is 6.47. The molecule has 2 rings (SSSR count). The second-order valence-corrected chi connectivity index (χ2v) is 5.65. The molecule has 1 aromatic heterocycles. The largest absolute Gasteiger partial charge is 0.311 e. The summed E-state index contributed by atoms with van der Waals surface area (Å²) in [6.45, 7) is 6.77. The van der Waals surface area contributed by atoms with Gasteiger partial charge in [-0.1, -0.05) is 0 Å². The molecule has 94 valence electrons. The first kappa shape index (κ1) is 13.0. The summed E-state index contributed by atoms with van der Waals surface area (Å²) in [6.07, 6.45) is 6.45. The minimum Gasteiger partial charge on any atom is -0.311 e. The van der Waals surface area contributed by atoms with Gasteiger partial charge in [-0.25, -0.2) is 0 Å². The molecule has 1 saturated heterocycles. The molecular formula is C13H20BrN3. The SMILES string of the molecule is CC(CNCc1cncc(Br)c1)N1CCCC1. The third-order valence-corrected chi connectivity index (χ3v) is 3.73. The van der Waals surface area contributed by atoms with Crippen molar-refractivity contribution in [1.82, 2.24) is 15.2 Å². The normalized spacial score (nSPS) is 18.5. The molecule has 1 aliphatic rings. The van der Waals surface area contributed by atoms with Gasteiger partial charge in [0.1, 0.15) is 0 Å². The van der Waals surface area contributed by atoms with Gasteiger partial charge >= 0.3 is 0 Å². The second-order valence-electron chi connectivity index (χ2n) is 4.73. The van der Waals surface area contributed by atoms with Gasteiger partial charge in [0, 0.05) is 36.0 Å². The molecule has 0 bridgehead atoms. The first-order chi connectivity index (χ1) is 8.25. The molecule has 0 aliphatic carbocycles.